The summed E-state index contributed by atoms with van der Waals surface area (Å²) >= 11 is 0. The van der Waals surface area contributed by atoms with E-state index in [1.54, 1.807) is 12.1 Å². The van der Waals surface area contributed by atoms with Crippen LogP contribution in [0.4, 0.5) is 5.69 Å². The number of hydrogen-bond donors (Lipinski definition) is 2. The fraction of sp³-hybridized carbons (Fsp3) is 0.300. The third kappa shape index (κ3) is 2.65. The minimum absolute atomic E-state index is 0.0312. The number of phenolic OH excluding ortho intramolecular Hbond substituents is 1. The second-order valence-corrected chi connectivity index (χ2v) is 2.79. The van der Waals surface area contributed by atoms with Crippen molar-refractivity contribution >= 4 is 11.6 Å². The van der Waals surface area contributed by atoms with Crippen molar-refractivity contribution in [3.63, 3.8) is 0 Å². The molecular weight excluding hydrogens is 182 g/mol. The van der Waals surface area contributed by atoms with Gasteiger partial charge in [-0.25, -0.2) is 0 Å². The first-order chi connectivity index (χ1) is 6.63. The quantitative estimate of drug-likeness (QED) is 0.722. The smallest absolute Gasteiger partial charge is 0.221 e. The Morgan fingerprint density at radius 2 is 2.29 bits per heavy atom. The lowest BCUT2D eigenvalue weighted by Gasteiger charge is -2.08. The Labute approximate surface area is 82.5 Å². The number of rotatable bonds is 3. The lowest BCUT2D eigenvalue weighted by atomic mass is 10.2. The van der Waals surface area contributed by atoms with Crippen LogP contribution in [0.15, 0.2) is 18.2 Å². The average Bonchev–Trinajstić information content (AvgIpc) is 2.10. The summed E-state index contributed by atoms with van der Waals surface area (Å²) in [5, 5.41) is 11.9. The maximum atomic E-state index is 10.8. The monoisotopic (exact) mass is 195 g/mol. The zero-order valence-corrected chi connectivity index (χ0v) is 8.20. The highest BCUT2D eigenvalue weighted by Crippen LogP contribution is 2.27. The molecule has 14 heavy (non-hydrogen) atoms. The van der Waals surface area contributed by atoms with Crippen molar-refractivity contribution in [3.05, 3.63) is 18.2 Å². The van der Waals surface area contributed by atoms with E-state index in [-0.39, 0.29) is 11.7 Å². The predicted molar refractivity (Wildman–Crippen MR) is 53.6 cm³/mol. The van der Waals surface area contributed by atoms with E-state index in [0.717, 1.165) is 0 Å². The van der Waals surface area contributed by atoms with Crippen molar-refractivity contribution < 1.29 is 14.6 Å². The molecule has 0 saturated carbocycles. The number of anilines is 1. The molecule has 0 heterocycles. The van der Waals surface area contributed by atoms with Gasteiger partial charge < -0.3 is 15.2 Å². The summed E-state index contributed by atoms with van der Waals surface area (Å²) < 4.78 is 5.22. The number of ether oxygens (including phenoxy) is 1. The summed E-state index contributed by atoms with van der Waals surface area (Å²) in [5.41, 5.74) is 0.364. The number of aromatic hydroxyl groups is 1. The summed E-state index contributed by atoms with van der Waals surface area (Å²) in [7, 11) is 0. The Morgan fingerprint density at radius 1 is 1.57 bits per heavy atom. The number of phenols is 1. The fourth-order valence-electron chi connectivity index (χ4n) is 1.06. The van der Waals surface area contributed by atoms with E-state index in [2.05, 4.69) is 5.32 Å². The molecular formula is C10H13NO3. The third-order valence-corrected chi connectivity index (χ3v) is 1.59. The van der Waals surface area contributed by atoms with E-state index >= 15 is 0 Å². The number of nitrogens with one attached hydrogen (secondary N) is 1. The fourth-order valence-corrected chi connectivity index (χ4v) is 1.06. The number of amides is 1. The van der Waals surface area contributed by atoms with Gasteiger partial charge in [-0.3, -0.25) is 4.79 Å². The summed E-state index contributed by atoms with van der Waals surface area (Å²) in [6.45, 7) is 3.79. The van der Waals surface area contributed by atoms with Gasteiger partial charge in [0.1, 0.15) is 11.5 Å². The second-order valence-electron chi connectivity index (χ2n) is 2.79. The van der Waals surface area contributed by atoms with Gasteiger partial charge in [-0.1, -0.05) is 0 Å². The SMILES string of the molecule is CCOc1ccc(O)c(NC(C)=O)c1. The highest BCUT2D eigenvalue weighted by Gasteiger charge is 2.04. The average molecular weight is 195 g/mol. The minimum Gasteiger partial charge on any atom is -0.506 e. The molecule has 0 bridgehead atoms. The molecule has 0 atom stereocenters. The molecule has 76 valence electrons. The Hall–Kier alpha value is -1.71. The van der Waals surface area contributed by atoms with Crippen LogP contribution in [0.25, 0.3) is 0 Å². The second kappa shape index (κ2) is 4.50. The van der Waals surface area contributed by atoms with Gasteiger partial charge in [-0.2, -0.15) is 0 Å². The first kappa shape index (κ1) is 10.4. The molecule has 4 heteroatoms. The van der Waals surface area contributed by atoms with Crippen molar-refractivity contribution in [2.75, 3.05) is 11.9 Å². The van der Waals surface area contributed by atoms with Gasteiger partial charge in [0, 0.05) is 13.0 Å². The molecule has 0 unspecified atom stereocenters. The van der Waals surface area contributed by atoms with Crippen LogP contribution in [0.2, 0.25) is 0 Å². The lowest BCUT2D eigenvalue weighted by Crippen LogP contribution is -2.06. The highest BCUT2D eigenvalue weighted by molar-refractivity contribution is 5.90. The van der Waals surface area contributed by atoms with Gasteiger partial charge in [0.15, 0.2) is 0 Å². The molecule has 0 aromatic heterocycles. The zero-order chi connectivity index (χ0) is 10.6. The normalized spacial score (nSPS) is 9.57. The lowest BCUT2D eigenvalue weighted by molar-refractivity contribution is -0.114. The Balaban J connectivity index is 2.90. The molecule has 2 N–H and O–H groups in total. The van der Waals surface area contributed by atoms with Crippen LogP contribution < -0.4 is 10.1 Å². The molecule has 0 saturated heterocycles. The van der Waals surface area contributed by atoms with Gasteiger partial charge in [-0.15, -0.1) is 0 Å². The molecule has 1 rings (SSSR count). The van der Waals surface area contributed by atoms with Crippen molar-refractivity contribution in [1.82, 2.24) is 0 Å². The summed E-state index contributed by atoms with van der Waals surface area (Å²) in [6.07, 6.45) is 0. The molecule has 0 aliphatic heterocycles. The van der Waals surface area contributed by atoms with E-state index < -0.39 is 0 Å². The molecule has 1 aromatic rings. The highest BCUT2D eigenvalue weighted by atomic mass is 16.5. The molecule has 0 aliphatic rings. The molecule has 1 amide bonds. The van der Waals surface area contributed by atoms with Crippen molar-refractivity contribution in [2.45, 2.75) is 13.8 Å². The van der Waals surface area contributed by atoms with Crippen LogP contribution in [0.1, 0.15) is 13.8 Å². The minimum atomic E-state index is -0.228. The van der Waals surface area contributed by atoms with Gasteiger partial charge in [-0.05, 0) is 19.1 Å². The number of carbonyl (C=O) groups is 1. The van der Waals surface area contributed by atoms with Crippen LogP contribution in [0.5, 0.6) is 11.5 Å². The third-order valence-electron chi connectivity index (χ3n) is 1.59. The maximum Gasteiger partial charge on any atom is 0.221 e. The Bertz CT molecular complexity index is 336. The predicted octanol–water partition coefficient (Wildman–Crippen LogP) is 1.75. The number of benzene rings is 1. The van der Waals surface area contributed by atoms with Crippen LogP contribution in [0, 0.1) is 0 Å². The molecule has 0 spiro atoms. The van der Waals surface area contributed by atoms with Crippen LogP contribution in [-0.4, -0.2) is 17.6 Å². The van der Waals surface area contributed by atoms with Gasteiger partial charge >= 0.3 is 0 Å². The van der Waals surface area contributed by atoms with E-state index in [4.69, 9.17) is 4.74 Å². The van der Waals surface area contributed by atoms with Crippen LogP contribution >= 0.6 is 0 Å². The number of carbonyl (C=O) groups excluding carboxylic acids is 1. The van der Waals surface area contributed by atoms with E-state index in [1.165, 1.54) is 13.0 Å². The largest absolute Gasteiger partial charge is 0.506 e. The molecule has 0 aliphatic carbocycles. The van der Waals surface area contributed by atoms with Crippen molar-refractivity contribution in [2.24, 2.45) is 0 Å². The standard InChI is InChI=1S/C10H13NO3/c1-3-14-8-4-5-10(13)9(6-8)11-7(2)12/h4-6,13H,3H2,1-2H3,(H,11,12). The Kier molecular flexibility index (Phi) is 3.34. The van der Waals surface area contributed by atoms with Crippen molar-refractivity contribution in [1.29, 1.82) is 0 Å². The van der Waals surface area contributed by atoms with E-state index in [9.17, 15) is 9.90 Å². The first-order valence-corrected chi connectivity index (χ1v) is 4.37. The van der Waals surface area contributed by atoms with Gasteiger partial charge in [0.05, 0.1) is 12.3 Å². The summed E-state index contributed by atoms with van der Waals surface area (Å²) in [5.74, 6) is 0.423. The summed E-state index contributed by atoms with van der Waals surface area (Å²) in [6, 6.07) is 4.71. The maximum absolute atomic E-state index is 10.8. The Morgan fingerprint density at radius 3 is 2.86 bits per heavy atom. The van der Waals surface area contributed by atoms with E-state index in [0.29, 0.717) is 18.0 Å². The topological polar surface area (TPSA) is 58.6 Å². The van der Waals surface area contributed by atoms with Gasteiger partial charge in [0.2, 0.25) is 5.91 Å². The summed E-state index contributed by atoms with van der Waals surface area (Å²) in [4.78, 5) is 10.8. The van der Waals surface area contributed by atoms with E-state index in [1.807, 2.05) is 6.92 Å². The van der Waals surface area contributed by atoms with Crippen LogP contribution in [0.3, 0.4) is 0 Å². The van der Waals surface area contributed by atoms with Crippen molar-refractivity contribution in [3.8, 4) is 11.5 Å². The molecule has 1 aromatic carbocycles. The number of hydrogen-bond acceptors (Lipinski definition) is 3. The molecule has 0 radical (unpaired) electrons. The van der Waals surface area contributed by atoms with Gasteiger partial charge in [0.25, 0.3) is 0 Å². The molecule has 4 nitrogen and oxygen atoms in total. The molecule has 0 fully saturated rings. The first-order valence-electron chi connectivity index (χ1n) is 4.37. The van der Waals surface area contributed by atoms with Crippen LogP contribution in [-0.2, 0) is 4.79 Å². The zero-order valence-electron chi connectivity index (χ0n) is 8.20.